The van der Waals surface area contributed by atoms with Gasteiger partial charge in [-0.15, -0.1) is 0 Å². The molecule has 1 heterocycles. The molecule has 10 nitrogen and oxygen atoms in total. The minimum atomic E-state index is -0.875. The monoisotopic (exact) mass is 594 g/mol. The summed E-state index contributed by atoms with van der Waals surface area (Å²) in [6.45, 7) is 2.70. The van der Waals surface area contributed by atoms with Crippen LogP contribution >= 0.6 is 22.6 Å². The lowest BCUT2D eigenvalue weighted by atomic mass is 10.2. The molecule has 0 spiro atoms. The molecule has 3 N–H and O–H groups in total. The third kappa shape index (κ3) is 8.21. The van der Waals surface area contributed by atoms with Crippen LogP contribution in [0.25, 0.3) is 0 Å². The molecule has 0 unspecified atom stereocenters. The first-order valence-electron chi connectivity index (χ1n) is 11.0. The number of halogens is 1. The minimum absolute atomic E-state index is 0.0564. The van der Waals surface area contributed by atoms with Crippen molar-refractivity contribution in [3.63, 3.8) is 0 Å². The number of ether oxygens (including phenoxy) is 3. The second-order valence-corrected chi connectivity index (χ2v) is 8.95. The van der Waals surface area contributed by atoms with Crippen molar-refractivity contribution in [3.05, 3.63) is 51.1 Å². The zero-order valence-corrected chi connectivity index (χ0v) is 21.6. The van der Waals surface area contributed by atoms with Crippen molar-refractivity contribution < 1.29 is 28.6 Å². The van der Waals surface area contributed by atoms with Crippen molar-refractivity contribution in [1.29, 1.82) is 0 Å². The number of nitrogens with zero attached hydrogens (tertiary/aromatic N) is 1. The Morgan fingerprint density at radius 3 is 2.77 bits per heavy atom. The summed E-state index contributed by atoms with van der Waals surface area (Å²) in [5.74, 6) is -1.16. The van der Waals surface area contributed by atoms with Crippen LogP contribution in [0.4, 0.5) is 5.69 Å². The molecule has 11 heteroatoms. The van der Waals surface area contributed by atoms with Crippen molar-refractivity contribution >= 4 is 52.2 Å². The number of hydrogen-bond acceptors (Lipinski definition) is 7. The van der Waals surface area contributed by atoms with Crippen LogP contribution < -0.4 is 25.5 Å². The molecule has 1 aliphatic rings. The van der Waals surface area contributed by atoms with E-state index in [0.717, 1.165) is 18.4 Å². The van der Waals surface area contributed by atoms with E-state index in [1.165, 1.54) is 13.3 Å². The fourth-order valence-electron chi connectivity index (χ4n) is 3.32. The summed E-state index contributed by atoms with van der Waals surface area (Å²) < 4.78 is 17.2. The van der Waals surface area contributed by atoms with Crippen LogP contribution in [0.3, 0.4) is 0 Å². The number of carbonyl (C=O) groups is 3. The smallest absolute Gasteiger partial charge is 0.329 e. The number of benzene rings is 2. The summed E-state index contributed by atoms with van der Waals surface area (Å²) in [5, 5.41) is 9.15. The first kappa shape index (κ1) is 26.4. The Labute approximate surface area is 216 Å². The van der Waals surface area contributed by atoms with Crippen molar-refractivity contribution in [3.8, 4) is 11.5 Å². The first-order valence-corrected chi connectivity index (χ1v) is 12.0. The normalized spacial score (nSPS) is 15.0. The molecule has 2 aromatic rings. The minimum Gasteiger partial charge on any atom is -0.493 e. The standard InChI is InChI=1S/C24H27IN4O6/c1-15-5-3-6-17(9-15)28-21(30)14-35-22-19(25)10-16(11-20(22)33-2)12-27-29-24(32)23(31)26-13-18-7-4-8-34-18/h3,5-6,9-12,18H,4,7-8,13-14H2,1-2H3,(H,26,31)(H,28,30)(H,29,32)/b27-12-/t18-/m1/s1. The molecule has 3 amide bonds. The summed E-state index contributed by atoms with van der Waals surface area (Å²) in [4.78, 5) is 36.1. The van der Waals surface area contributed by atoms with Gasteiger partial charge in [0.25, 0.3) is 5.91 Å². The van der Waals surface area contributed by atoms with Gasteiger partial charge >= 0.3 is 11.8 Å². The first-order chi connectivity index (χ1) is 16.9. The van der Waals surface area contributed by atoms with Crippen molar-refractivity contribution in [2.45, 2.75) is 25.9 Å². The molecule has 186 valence electrons. The second-order valence-electron chi connectivity index (χ2n) is 7.78. The van der Waals surface area contributed by atoms with Crippen LogP contribution in [0.2, 0.25) is 0 Å². The highest BCUT2D eigenvalue weighted by atomic mass is 127. The van der Waals surface area contributed by atoms with E-state index in [1.54, 1.807) is 18.2 Å². The number of anilines is 1. The highest BCUT2D eigenvalue weighted by Gasteiger charge is 2.19. The number of methoxy groups -OCH3 is 1. The Kier molecular flexibility index (Phi) is 9.85. The molecule has 0 bridgehead atoms. The van der Waals surface area contributed by atoms with Gasteiger partial charge in [-0.2, -0.15) is 5.10 Å². The molecule has 3 rings (SSSR count). The molecule has 0 aliphatic carbocycles. The molecule has 1 saturated heterocycles. The number of nitrogens with one attached hydrogen (secondary N) is 3. The van der Waals surface area contributed by atoms with Crippen LogP contribution in [-0.2, 0) is 19.1 Å². The summed E-state index contributed by atoms with van der Waals surface area (Å²) in [5.41, 5.74) is 4.52. The largest absolute Gasteiger partial charge is 0.493 e. The molecule has 2 aromatic carbocycles. The summed E-state index contributed by atoms with van der Waals surface area (Å²) >= 11 is 2.05. The van der Waals surface area contributed by atoms with Crippen LogP contribution in [-0.4, -0.2) is 56.9 Å². The van der Waals surface area contributed by atoms with Crippen LogP contribution in [0, 0.1) is 10.5 Å². The van der Waals surface area contributed by atoms with E-state index < -0.39 is 11.8 Å². The second kappa shape index (κ2) is 13.0. The fraction of sp³-hybridized carbons (Fsp3) is 0.333. The predicted octanol–water partition coefficient (Wildman–Crippen LogP) is 2.37. The van der Waals surface area contributed by atoms with Gasteiger partial charge in [-0.05, 0) is 77.7 Å². The average molecular weight is 594 g/mol. The Morgan fingerprint density at radius 1 is 1.23 bits per heavy atom. The van der Waals surface area contributed by atoms with Crippen LogP contribution in [0.15, 0.2) is 41.5 Å². The van der Waals surface area contributed by atoms with Gasteiger partial charge in [0.15, 0.2) is 18.1 Å². The number of amides is 3. The Bertz CT molecular complexity index is 1100. The summed E-state index contributed by atoms with van der Waals surface area (Å²) in [6.07, 6.45) is 3.13. The number of aryl methyl sites for hydroxylation is 1. The number of hydrogen-bond donors (Lipinski definition) is 3. The van der Waals surface area contributed by atoms with Gasteiger partial charge in [-0.25, -0.2) is 5.43 Å². The Balaban J connectivity index is 1.53. The molecule has 1 fully saturated rings. The summed E-state index contributed by atoms with van der Waals surface area (Å²) in [6, 6.07) is 10.8. The lowest BCUT2D eigenvalue weighted by Crippen LogP contribution is -2.41. The van der Waals surface area contributed by atoms with Gasteiger partial charge in [-0.3, -0.25) is 14.4 Å². The van der Waals surface area contributed by atoms with E-state index in [9.17, 15) is 14.4 Å². The van der Waals surface area contributed by atoms with Crippen molar-refractivity contribution in [1.82, 2.24) is 10.7 Å². The number of rotatable bonds is 9. The lowest BCUT2D eigenvalue weighted by molar-refractivity contribution is -0.139. The van der Waals surface area contributed by atoms with E-state index in [0.29, 0.717) is 32.9 Å². The fourth-order valence-corrected chi connectivity index (χ4v) is 4.10. The van der Waals surface area contributed by atoms with Gasteiger partial charge < -0.3 is 24.8 Å². The van der Waals surface area contributed by atoms with Gasteiger partial charge in [0, 0.05) is 18.8 Å². The highest BCUT2D eigenvalue weighted by Crippen LogP contribution is 2.33. The molecule has 1 aliphatic heterocycles. The van der Waals surface area contributed by atoms with Gasteiger partial charge in [-0.1, -0.05) is 12.1 Å². The third-order valence-corrected chi connectivity index (χ3v) is 5.80. The third-order valence-electron chi connectivity index (χ3n) is 5.00. The van der Waals surface area contributed by atoms with E-state index >= 15 is 0 Å². The maximum Gasteiger partial charge on any atom is 0.329 e. The Hall–Kier alpha value is -3.19. The number of hydrazone groups is 1. The molecule has 1 atom stereocenters. The predicted molar refractivity (Wildman–Crippen MR) is 139 cm³/mol. The van der Waals surface area contributed by atoms with E-state index in [4.69, 9.17) is 14.2 Å². The lowest BCUT2D eigenvalue weighted by Gasteiger charge is -2.13. The maximum absolute atomic E-state index is 12.3. The van der Waals surface area contributed by atoms with Crippen molar-refractivity contribution in [2.24, 2.45) is 5.10 Å². The van der Waals surface area contributed by atoms with E-state index in [1.807, 2.05) is 25.1 Å². The van der Waals surface area contributed by atoms with E-state index in [2.05, 4.69) is 43.8 Å². The van der Waals surface area contributed by atoms with Gasteiger partial charge in [0.1, 0.15) is 0 Å². The van der Waals surface area contributed by atoms with E-state index in [-0.39, 0.29) is 25.2 Å². The Morgan fingerprint density at radius 2 is 2.06 bits per heavy atom. The quantitative estimate of drug-likeness (QED) is 0.177. The topological polar surface area (TPSA) is 127 Å². The molecule has 0 radical (unpaired) electrons. The van der Waals surface area contributed by atoms with Gasteiger partial charge in [0.2, 0.25) is 0 Å². The zero-order chi connectivity index (χ0) is 25.2. The van der Waals surface area contributed by atoms with Crippen LogP contribution in [0.1, 0.15) is 24.0 Å². The molecule has 0 aromatic heterocycles. The maximum atomic E-state index is 12.3. The van der Waals surface area contributed by atoms with Crippen molar-refractivity contribution in [2.75, 3.05) is 32.2 Å². The zero-order valence-electron chi connectivity index (χ0n) is 19.4. The summed E-state index contributed by atoms with van der Waals surface area (Å²) in [7, 11) is 1.48. The highest BCUT2D eigenvalue weighted by molar-refractivity contribution is 14.1. The van der Waals surface area contributed by atoms with Crippen LogP contribution in [0.5, 0.6) is 11.5 Å². The SMILES string of the molecule is COc1cc(/C=N\NC(=O)C(=O)NC[C@H]2CCCO2)cc(I)c1OCC(=O)Nc1cccc(C)c1. The average Bonchev–Trinajstić information content (AvgIpc) is 3.35. The van der Waals surface area contributed by atoms with Gasteiger partial charge in [0.05, 0.1) is 23.0 Å². The molecular formula is C24H27IN4O6. The molecule has 35 heavy (non-hydrogen) atoms. The number of carbonyl (C=O) groups excluding carboxylic acids is 3. The molecule has 0 saturated carbocycles. The molecular weight excluding hydrogens is 567 g/mol.